The van der Waals surface area contributed by atoms with Gasteiger partial charge in [-0.05, 0) is 56.2 Å². The molecule has 1 amide bonds. The molecule has 1 aliphatic heterocycles. The van der Waals surface area contributed by atoms with Crippen molar-refractivity contribution in [3.63, 3.8) is 0 Å². The molecule has 1 aromatic carbocycles. The molecular weight excluding hydrogens is 422 g/mol. The lowest BCUT2D eigenvalue weighted by Gasteiger charge is -2.30. The van der Waals surface area contributed by atoms with Crippen molar-refractivity contribution in [2.75, 3.05) is 6.54 Å². The van der Waals surface area contributed by atoms with Crippen LogP contribution >= 0.6 is 11.3 Å². The molecule has 1 fully saturated rings. The van der Waals surface area contributed by atoms with E-state index in [4.69, 9.17) is 9.72 Å². The fourth-order valence-electron chi connectivity index (χ4n) is 4.23. The van der Waals surface area contributed by atoms with Gasteiger partial charge in [0.2, 0.25) is 0 Å². The smallest absolute Gasteiger partial charge is 0.410 e. The van der Waals surface area contributed by atoms with E-state index in [-0.39, 0.29) is 17.5 Å². The minimum absolute atomic E-state index is 0.149. The Morgan fingerprint density at radius 1 is 1.19 bits per heavy atom. The van der Waals surface area contributed by atoms with Gasteiger partial charge in [-0.3, -0.25) is 4.79 Å². The van der Waals surface area contributed by atoms with Crippen molar-refractivity contribution in [1.29, 1.82) is 0 Å². The lowest BCUT2D eigenvalue weighted by atomic mass is 10.00. The van der Waals surface area contributed by atoms with Crippen molar-refractivity contribution in [2.45, 2.75) is 57.6 Å². The van der Waals surface area contributed by atoms with E-state index in [2.05, 4.69) is 28.6 Å². The molecule has 1 N–H and O–H groups in total. The van der Waals surface area contributed by atoms with Crippen LogP contribution in [0.2, 0.25) is 0 Å². The minimum Gasteiger partial charge on any atom is -0.444 e. The quantitative estimate of drug-likeness (QED) is 0.619. The Morgan fingerprint density at radius 2 is 1.94 bits per heavy atom. The number of carbonyl (C=O) groups is 1. The number of nitrogens with one attached hydrogen (secondary N) is 1. The van der Waals surface area contributed by atoms with Crippen LogP contribution in [-0.2, 0) is 23.1 Å². The van der Waals surface area contributed by atoms with Crippen LogP contribution in [0.3, 0.4) is 0 Å². The Kier molecular flexibility index (Phi) is 4.97. The van der Waals surface area contributed by atoms with E-state index < -0.39 is 11.7 Å². The van der Waals surface area contributed by atoms with Gasteiger partial charge in [-0.1, -0.05) is 30.3 Å². The summed E-state index contributed by atoms with van der Waals surface area (Å²) in [6, 6.07) is 12.6. The van der Waals surface area contributed by atoms with Crippen LogP contribution in [-0.4, -0.2) is 33.1 Å². The number of ether oxygens (including phenoxy) is 1. The van der Waals surface area contributed by atoms with E-state index >= 15 is 0 Å². The second kappa shape index (κ2) is 7.59. The molecule has 7 heteroatoms. The molecule has 5 rings (SSSR count). The average Bonchev–Trinajstić information content (AvgIpc) is 3.42. The molecular formula is C25H27N3O3S. The minimum atomic E-state index is -0.566. The van der Waals surface area contributed by atoms with Crippen LogP contribution in [0.1, 0.15) is 55.6 Å². The maximum Gasteiger partial charge on any atom is 0.410 e. The normalized spacial score (nSPS) is 17.0. The third-order valence-electron chi connectivity index (χ3n) is 6.10. The van der Waals surface area contributed by atoms with Crippen molar-refractivity contribution in [1.82, 2.24) is 14.9 Å². The molecule has 2 aromatic heterocycles. The van der Waals surface area contributed by atoms with E-state index in [1.807, 2.05) is 39.0 Å². The molecule has 6 nitrogen and oxygen atoms in total. The van der Waals surface area contributed by atoms with Gasteiger partial charge >= 0.3 is 6.09 Å². The lowest BCUT2D eigenvalue weighted by molar-refractivity contribution is 0.0221. The summed E-state index contributed by atoms with van der Waals surface area (Å²) in [5.74, 6) is 0.758. The van der Waals surface area contributed by atoms with E-state index in [0.29, 0.717) is 18.5 Å². The molecule has 3 aromatic rings. The number of fused-ring (bicyclic) bond motifs is 1. The highest BCUT2D eigenvalue weighted by Crippen LogP contribution is 2.54. The Labute approximate surface area is 191 Å². The maximum atomic E-state index is 13.0. The van der Waals surface area contributed by atoms with Gasteiger partial charge in [-0.2, -0.15) is 0 Å². The van der Waals surface area contributed by atoms with E-state index in [9.17, 15) is 9.59 Å². The highest BCUT2D eigenvalue weighted by atomic mass is 32.1. The standard InChI is InChI=1S/C25H27N3O3S/c1-24(2,3)31-23(30)28-12-9-19-18(14-28)21(29)27-22(26-19)25(10-11-25)20-13-17(15-32-20)16-7-5-4-6-8-16/h4-8,13,15H,9-12,14H2,1-3H3,(H,26,27,29). The Bertz CT molecular complexity index is 1220. The summed E-state index contributed by atoms with van der Waals surface area (Å²) in [5, 5.41) is 2.18. The summed E-state index contributed by atoms with van der Waals surface area (Å²) in [5.41, 5.74) is 2.85. The molecule has 32 heavy (non-hydrogen) atoms. The van der Waals surface area contributed by atoms with Gasteiger partial charge in [0, 0.05) is 17.8 Å². The number of hydrogen-bond acceptors (Lipinski definition) is 5. The van der Waals surface area contributed by atoms with Crippen LogP contribution < -0.4 is 5.56 Å². The molecule has 1 aliphatic carbocycles. The maximum absolute atomic E-state index is 13.0. The van der Waals surface area contributed by atoms with Gasteiger partial charge in [0.25, 0.3) is 5.56 Å². The van der Waals surface area contributed by atoms with Crippen LogP contribution in [0.15, 0.2) is 46.6 Å². The molecule has 2 aliphatic rings. The van der Waals surface area contributed by atoms with E-state index in [0.717, 1.165) is 24.4 Å². The van der Waals surface area contributed by atoms with Crippen LogP contribution in [0.4, 0.5) is 4.79 Å². The summed E-state index contributed by atoms with van der Waals surface area (Å²) in [6.45, 7) is 6.25. The molecule has 0 atom stereocenters. The number of aromatic nitrogens is 2. The largest absolute Gasteiger partial charge is 0.444 e. The molecule has 3 heterocycles. The number of nitrogens with zero attached hydrogens (tertiary/aromatic N) is 2. The Morgan fingerprint density at radius 3 is 2.62 bits per heavy atom. The number of rotatable bonds is 3. The summed E-state index contributed by atoms with van der Waals surface area (Å²) < 4.78 is 5.47. The highest BCUT2D eigenvalue weighted by Gasteiger charge is 2.50. The van der Waals surface area contributed by atoms with Crippen molar-refractivity contribution < 1.29 is 9.53 Å². The summed E-state index contributed by atoms with van der Waals surface area (Å²) >= 11 is 1.73. The topological polar surface area (TPSA) is 75.3 Å². The predicted octanol–water partition coefficient (Wildman–Crippen LogP) is 4.87. The summed E-state index contributed by atoms with van der Waals surface area (Å²) in [4.78, 5) is 36.2. The number of H-pyrrole nitrogens is 1. The first-order valence-corrected chi connectivity index (χ1v) is 11.9. The zero-order valence-electron chi connectivity index (χ0n) is 18.6. The molecule has 166 valence electrons. The van der Waals surface area contributed by atoms with Gasteiger partial charge in [0.15, 0.2) is 0 Å². The second-order valence-electron chi connectivity index (χ2n) is 9.64. The van der Waals surface area contributed by atoms with Gasteiger partial charge in [-0.15, -0.1) is 11.3 Å². The Balaban J connectivity index is 1.41. The van der Waals surface area contributed by atoms with Crippen molar-refractivity contribution in [3.8, 4) is 11.1 Å². The summed E-state index contributed by atoms with van der Waals surface area (Å²) in [7, 11) is 0. The molecule has 0 saturated heterocycles. The first-order chi connectivity index (χ1) is 15.2. The van der Waals surface area contributed by atoms with E-state index in [1.165, 1.54) is 16.0 Å². The number of carbonyl (C=O) groups excluding carboxylic acids is 1. The Hall–Kier alpha value is -2.93. The monoisotopic (exact) mass is 449 g/mol. The zero-order chi connectivity index (χ0) is 22.5. The van der Waals surface area contributed by atoms with Crippen molar-refractivity contribution in [2.24, 2.45) is 0 Å². The van der Waals surface area contributed by atoms with Crippen molar-refractivity contribution >= 4 is 17.4 Å². The first-order valence-electron chi connectivity index (χ1n) is 11.0. The number of amides is 1. The van der Waals surface area contributed by atoms with Gasteiger partial charge in [0.1, 0.15) is 11.4 Å². The SMILES string of the molecule is CC(C)(C)OC(=O)N1CCc2nc(C3(c4cc(-c5ccccc5)cs4)CC3)[nH]c(=O)c2C1. The molecule has 0 radical (unpaired) electrons. The third-order valence-corrected chi connectivity index (χ3v) is 7.24. The summed E-state index contributed by atoms with van der Waals surface area (Å²) in [6.07, 6.45) is 2.12. The van der Waals surface area contributed by atoms with Gasteiger partial charge < -0.3 is 14.6 Å². The second-order valence-corrected chi connectivity index (χ2v) is 10.6. The molecule has 0 unspecified atom stereocenters. The molecule has 0 bridgehead atoms. The number of hydrogen-bond donors (Lipinski definition) is 1. The average molecular weight is 450 g/mol. The van der Waals surface area contributed by atoms with Crippen LogP contribution in [0.5, 0.6) is 0 Å². The van der Waals surface area contributed by atoms with Gasteiger partial charge in [-0.25, -0.2) is 9.78 Å². The number of thiophene rings is 1. The molecule has 1 saturated carbocycles. The van der Waals surface area contributed by atoms with Crippen LogP contribution in [0.25, 0.3) is 11.1 Å². The van der Waals surface area contributed by atoms with E-state index in [1.54, 1.807) is 16.2 Å². The first kappa shape index (κ1) is 20.9. The highest BCUT2D eigenvalue weighted by molar-refractivity contribution is 7.10. The number of aromatic amines is 1. The number of benzene rings is 1. The van der Waals surface area contributed by atoms with Crippen LogP contribution in [0, 0.1) is 0 Å². The molecule has 0 spiro atoms. The zero-order valence-corrected chi connectivity index (χ0v) is 19.4. The third kappa shape index (κ3) is 3.86. The fourth-order valence-corrected chi connectivity index (χ4v) is 5.41. The van der Waals surface area contributed by atoms with Gasteiger partial charge in [0.05, 0.1) is 23.2 Å². The predicted molar refractivity (Wildman–Crippen MR) is 125 cm³/mol. The fraction of sp³-hybridized carbons (Fsp3) is 0.400. The lowest BCUT2D eigenvalue weighted by Crippen LogP contribution is -2.42. The van der Waals surface area contributed by atoms with Crippen molar-refractivity contribution in [3.05, 3.63) is 74.1 Å².